The average Bonchev–Trinajstić information content (AvgIpc) is 2.11. The van der Waals surface area contributed by atoms with E-state index in [0.717, 1.165) is 10.2 Å². The fraction of sp³-hybridized carbons (Fsp3) is 1.00. The lowest BCUT2D eigenvalue weighted by Crippen LogP contribution is -2.42. The highest BCUT2D eigenvalue weighted by Gasteiger charge is 2.36. The Labute approximate surface area is 61.9 Å². The smallest absolute Gasteiger partial charge is 0.387 e. The van der Waals surface area contributed by atoms with Gasteiger partial charge in [-0.1, -0.05) is 0 Å². The lowest BCUT2D eigenvalue weighted by molar-refractivity contribution is -0.149. The normalized spacial score (nSPS) is 29.7. The molecule has 0 aromatic carbocycles. The zero-order valence-corrected chi connectivity index (χ0v) is 6.05. The van der Waals surface area contributed by atoms with Crippen LogP contribution in [0, 0.1) is 0 Å². The van der Waals surface area contributed by atoms with Crippen molar-refractivity contribution < 1.29 is 13.2 Å². The average molecular weight is 169 g/mol. The van der Waals surface area contributed by atoms with Crippen molar-refractivity contribution in [3.05, 3.63) is 5.43 Å². The van der Waals surface area contributed by atoms with Gasteiger partial charge in [-0.25, -0.2) is 0 Å². The highest BCUT2D eigenvalue weighted by molar-refractivity contribution is 4.93. The Hall–Kier alpha value is -0.370. The van der Waals surface area contributed by atoms with Gasteiger partial charge in [-0.2, -0.15) is 18.3 Å². The zero-order valence-electron chi connectivity index (χ0n) is 6.05. The molecule has 1 aliphatic heterocycles. The molecule has 0 aromatic rings. The Kier molecular flexibility index (Phi) is 2.06. The fourth-order valence-corrected chi connectivity index (χ4v) is 0.670. The molecule has 0 aliphatic carbocycles. The number of hydrogen-bond donors (Lipinski definition) is 1. The largest absolute Gasteiger partial charge is 0.555 e. The van der Waals surface area contributed by atoms with E-state index < -0.39 is 12.3 Å². The van der Waals surface area contributed by atoms with Crippen LogP contribution >= 0.6 is 0 Å². The molecule has 66 valence electrons. The quantitative estimate of drug-likeness (QED) is 0.571. The number of nitrogens with zero attached hydrogens (tertiary/aromatic N) is 3. The van der Waals surface area contributed by atoms with Gasteiger partial charge < -0.3 is 10.5 Å². The highest BCUT2D eigenvalue weighted by atomic mass is 19.4. The summed E-state index contributed by atoms with van der Waals surface area (Å²) in [4.78, 5) is 0. The molecular weight excluding hydrogens is 161 g/mol. The number of hydrogen-bond acceptors (Lipinski definition) is 3. The molecule has 1 rings (SSSR count). The van der Waals surface area contributed by atoms with E-state index >= 15 is 0 Å². The summed E-state index contributed by atoms with van der Waals surface area (Å²) in [7, 11) is 2.88. The van der Waals surface area contributed by atoms with Crippen molar-refractivity contribution in [3.8, 4) is 0 Å². The van der Waals surface area contributed by atoms with Crippen molar-refractivity contribution in [2.75, 3.05) is 14.1 Å². The van der Waals surface area contributed by atoms with Crippen LogP contribution in [-0.2, 0) is 0 Å². The summed E-state index contributed by atoms with van der Waals surface area (Å²) in [6, 6.07) is 0. The van der Waals surface area contributed by atoms with Gasteiger partial charge in [0, 0.05) is 13.2 Å². The van der Waals surface area contributed by atoms with E-state index in [-0.39, 0.29) is 0 Å². The van der Waals surface area contributed by atoms with Crippen LogP contribution in [0.15, 0.2) is 0 Å². The summed E-state index contributed by atoms with van der Waals surface area (Å²) >= 11 is 0. The first-order chi connectivity index (χ1) is 4.91. The third-order valence-electron chi connectivity index (χ3n) is 1.34. The Balaban J connectivity index is 2.54. The molecule has 11 heavy (non-hydrogen) atoms. The monoisotopic (exact) mass is 169 g/mol. The maximum atomic E-state index is 11.9. The van der Waals surface area contributed by atoms with Crippen molar-refractivity contribution in [2.24, 2.45) is 0 Å². The molecule has 1 aliphatic rings. The maximum absolute atomic E-state index is 11.9. The summed E-state index contributed by atoms with van der Waals surface area (Å²) in [6.07, 6.45) is -6.13. The Morgan fingerprint density at radius 2 is 1.91 bits per heavy atom. The SMILES string of the molecule is CN1[N-]C(C(F)(F)F)NN1C. The van der Waals surface area contributed by atoms with E-state index in [1.54, 1.807) is 0 Å². The maximum Gasteiger partial charge on any atom is 0.387 e. The lowest BCUT2D eigenvalue weighted by atomic mass is 10.5. The van der Waals surface area contributed by atoms with Crippen LogP contribution in [-0.4, -0.2) is 36.7 Å². The van der Waals surface area contributed by atoms with E-state index in [1.165, 1.54) is 14.1 Å². The van der Waals surface area contributed by atoms with Gasteiger partial charge in [-0.3, -0.25) is 5.43 Å². The molecule has 7 heteroatoms. The number of nitrogens with one attached hydrogen (secondary N) is 1. The first kappa shape index (κ1) is 8.72. The van der Waals surface area contributed by atoms with Crippen molar-refractivity contribution >= 4 is 0 Å². The molecule has 0 radical (unpaired) electrons. The molecule has 1 heterocycles. The summed E-state index contributed by atoms with van der Waals surface area (Å²) < 4.78 is 35.7. The Morgan fingerprint density at radius 3 is 2.09 bits per heavy atom. The molecule has 4 nitrogen and oxygen atoms in total. The Morgan fingerprint density at radius 1 is 1.36 bits per heavy atom. The molecule has 1 atom stereocenters. The zero-order chi connectivity index (χ0) is 8.65. The van der Waals surface area contributed by atoms with Crippen molar-refractivity contribution in [3.63, 3.8) is 0 Å². The minimum Gasteiger partial charge on any atom is -0.555 e. The van der Waals surface area contributed by atoms with Crippen LogP contribution in [0.3, 0.4) is 0 Å². The van der Waals surface area contributed by atoms with E-state index in [2.05, 4.69) is 10.9 Å². The van der Waals surface area contributed by atoms with Crippen molar-refractivity contribution in [2.45, 2.75) is 12.3 Å². The van der Waals surface area contributed by atoms with Crippen LogP contribution in [0.25, 0.3) is 5.43 Å². The van der Waals surface area contributed by atoms with Gasteiger partial charge >= 0.3 is 6.18 Å². The predicted octanol–water partition coefficient (Wildman–Crippen LogP) is 0.460. The van der Waals surface area contributed by atoms with Gasteiger partial charge in [0.15, 0.2) is 0 Å². The molecule has 1 saturated heterocycles. The van der Waals surface area contributed by atoms with Gasteiger partial charge in [0.1, 0.15) is 0 Å². The molecule has 0 saturated carbocycles. The topological polar surface area (TPSA) is 32.6 Å². The Bertz CT molecular complexity index is 137. The second kappa shape index (κ2) is 2.59. The predicted molar refractivity (Wildman–Crippen MR) is 31.9 cm³/mol. The lowest BCUT2D eigenvalue weighted by Gasteiger charge is -2.29. The second-order valence-electron chi connectivity index (χ2n) is 2.20. The van der Waals surface area contributed by atoms with Gasteiger partial charge in [0.25, 0.3) is 0 Å². The number of alkyl halides is 3. The molecular formula is C4H8F3N4-. The molecule has 1 unspecified atom stereocenters. The van der Waals surface area contributed by atoms with Gasteiger partial charge in [0.2, 0.25) is 0 Å². The number of hydrazine groups is 2. The van der Waals surface area contributed by atoms with Crippen molar-refractivity contribution in [1.82, 2.24) is 15.7 Å². The summed E-state index contributed by atoms with van der Waals surface area (Å²) in [5.41, 5.74) is 5.38. The van der Waals surface area contributed by atoms with Crippen LogP contribution in [0.4, 0.5) is 13.2 Å². The minimum absolute atomic E-state index is 1.10. The second-order valence-corrected chi connectivity index (χ2v) is 2.20. The molecule has 0 aromatic heterocycles. The minimum atomic E-state index is -4.32. The van der Waals surface area contributed by atoms with Gasteiger partial charge in [0.05, 0.1) is 0 Å². The van der Waals surface area contributed by atoms with E-state index in [1.807, 2.05) is 0 Å². The van der Waals surface area contributed by atoms with Crippen LogP contribution in [0.2, 0.25) is 0 Å². The van der Waals surface area contributed by atoms with E-state index in [0.29, 0.717) is 0 Å². The summed E-state index contributed by atoms with van der Waals surface area (Å²) in [5, 5.41) is 2.26. The number of rotatable bonds is 0. The van der Waals surface area contributed by atoms with Crippen LogP contribution < -0.4 is 5.43 Å². The van der Waals surface area contributed by atoms with Gasteiger partial charge in [-0.05, 0) is 7.05 Å². The van der Waals surface area contributed by atoms with Crippen LogP contribution in [0.1, 0.15) is 0 Å². The molecule has 0 bridgehead atoms. The van der Waals surface area contributed by atoms with E-state index in [4.69, 9.17) is 0 Å². The van der Waals surface area contributed by atoms with E-state index in [9.17, 15) is 13.2 Å². The molecule has 0 amide bonds. The first-order valence-corrected chi connectivity index (χ1v) is 2.92. The van der Waals surface area contributed by atoms with Crippen LogP contribution in [0.5, 0.6) is 0 Å². The van der Waals surface area contributed by atoms with Crippen molar-refractivity contribution in [1.29, 1.82) is 0 Å². The fourth-order valence-electron chi connectivity index (χ4n) is 0.670. The highest BCUT2D eigenvalue weighted by Crippen LogP contribution is 2.28. The number of halogens is 3. The molecule has 1 fully saturated rings. The summed E-state index contributed by atoms with van der Waals surface area (Å²) in [5.74, 6) is 0. The molecule has 1 N–H and O–H groups in total. The molecule has 0 spiro atoms. The first-order valence-electron chi connectivity index (χ1n) is 2.92. The third kappa shape index (κ3) is 1.80. The van der Waals surface area contributed by atoms with Gasteiger partial charge in [-0.15, -0.1) is 0 Å². The standard InChI is InChI=1S/C4H8F3N4/c1-10-8-3(4(5,6)7)9-11(10)2/h3,8H,1-2H3/q-1. The summed E-state index contributed by atoms with van der Waals surface area (Å²) in [6.45, 7) is 0. The third-order valence-corrected chi connectivity index (χ3v) is 1.34.